The van der Waals surface area contributed by atoms with E-state index in [1.54, 1.807) is 37.4 Å². The zero-order chi connectivity index (χ0) is 65.7. The van der Waals surface area contributed by atoms with E-state index >= 15 is 0 Å². The second-order valence-corrected chi connectivity index (χ2v) is 24.2. The number of allylic oxidation sites excluding steroid dienone is 8. The summed E-state index contributed by atoms with van der Waals surface area (Å²) in [7, 11) is 3.75. The number of aryl methyl sites for hydroxylation is 2. The summed E-state index contributed by atoms with van der Waals surface area (Å²) in [5.41, 5.74) is 3.85. The van der Waals surface area contributed by atoms with Crippen LogP contribution >= 0.6 is 15.9 Å². The van der Waals surface area contributed by atoms with Crippen molar-refractivity contribution in [3.05, 3.63) is 114 Å². The van der Waals surface area contributed by atoms with E-state index in [1.807, 2.05) is 49.2 Å². The molecule has 1 amide bonds. The molecule has 1 aromatic carbocycles. The number of ether oxygens (including phenoxy) is 4. The molecule has 4 atom stereocenters. The number of aliphatic imine (C=N–C) groups is 1. The van der Waals surface area contributed by atoms with Crippen LogP contribution in [0.5, 0.6) is 0 Å². The van der Waals surface area contributed by atoms with Crippen LogP contribution in [-0.2, 0) is 65.1 Å². The first-order chi connectivity index (χ1) is 44.3. The summed E-state index contributed by atoms with van der Waals surface area (Å²) in [6, 6.07) is 3.63. The number of carbonyl (C=O) groups excluding carboxylic acids is 5. The van der Waals surface area contributed by atoms with Crippen molar-refractivity contribution in [3.8, 4) is 0 Å². The number of nitrogens with one attached hydrogen (secondary N) is 1. The Morgan fingerprint density at radius 1 is 0.609 bits per heavy atom. The number of benzene rings is 1. The number of rotatable bonds is 45. The third-order valence-corrected chi connectivity index (χ3v) is 17.1. The number of aromatic nitrogens is 6. The molecule has 19 nitrogen and oxygen atoms in total. The molecule has 0 aliphatic carbocycles. The van der Waals surface area contributed by atoms with Crippen LogP contribution in [0.25, 0.3) is 11.0 Å². The van der Waals surface area contributed by atoms with Gasteiger partial charge >= 0.3 is 53.6 Å². The molecule has 1 aliphatic heterocycles. The Labute approximate surface area is 579 Å². The number of carboxylic acids is 1. The van der Waals surface area contributed by atoms with Gasteiger partial charge < -0.3 is 43.3 Å². The average Bonchev–Trinajstić information content (AvgIpc) is 1.27. The number of carboxylic acid groups (broad SMARTS) is 1. The number of carbonyl (C=O) groups is 5. The maximum atomic E-state index is 13.4. The Hall–Kier alpha value is -5.96. The smallest absolute Gasteiger partial charge is 0.550 e. The van der Waals surface area contributed by atoms with E-state index < -0.39 is 36.7 Å². The molecule has 0 spiro atoms. The van der Waals surface area contributed by atoms with Crippen molar-refractivity contribution in [1.29, 1.82) is 0 Å². The van der Waals surface area contributed by atoms with E-state index in [4.69, 9.17) is 18.9 Å². The predicted octanol–water partition coefficient (Wildman–Crippen LogP) is 11.8. The zero-order valence-electron chi connectivity index (χ0n) is 56.4. The van der Waals surface area contributed by atoms with Crippen molar-refractivity contribution in [1.82, 2.24) is 34.0 Å². The second kappa shape index (κ2) is 49.6. The minimum absolute atomic E-state index is 0. The first kappa shape index (κ1) is 80.3. The number of hydrogen-bond acceptors (Lipinski definition) is 16. The fourth-order valence-corrected chi connectivity index (χ4v) is 11.2. The van der Waals surface area contributed by atoms with E-state index in [-0.39, 0.29) is 66.5 Å². The van der Waals surface area contributed by atoms with E-state index in [0.29, 0.717) is 73.3 Å². The van der Waals surface area contributed by atoms with Gasteiger partial charge in [0.05, 0.1) is 60.6 Å². The molecule has 0 saturated carbocycles. The summed E-state index contributed by atoms with van der Waals surface area (Å²) in [6.07, 6.45) is 54.7. The largest absolute Gasteiger partial charge is 1.00 e. The molecule has 4 heterocycles. The zero-order valence-corrected chi connectivity index (χ0v) is 60.0. The van der Waals surface area contributed by atoms with Gasteiger partial charge in [-0.05, 0) is 131 Å². The fraction of sp³-hybridized carbons (Fsp3) is 0.606. The summed E-state index contributed by atoms with van der Waals surface area (Å²) in [5, 5.41) is 14.7. The SMILES string of the molecule is CCCCC/C=C\C/C=C\CCCCCCCC(=O)OCC(Cc1cncn1C)C(CC)C(=O)OCOC(=O)N1CCN=C1Nc1ccc2nccnc2c1Br.CCCCC/C=C\C/C=C\CCCCCCCC(=O)OC[C@H](Cc1cncn1C)[C@H](CC)C(=O)[O-].[Na+]. The molecule has 502 valence electrons. The molecule has 0 fully saturated rings. The quantitative estimate of drug-likeness (QED) is 0.0108. The standard InChI is InChI=1S/C42H58BrN7O6.C29H48N2O4.Na/c1-4-6-7-8-9-10-11-12-13-14-15-16-17-18-19-20-37(51)54-29-32(27-33-28-44-30-49(33)3)34(5-2)40(52)55-31-56-42(53)50-26-25-47-41(50)48-35-21-22-36-39(38(35)43)46-24-23-45-36;1-4-6-7-8-9-10-11-12-13-14-15-16-17-18-19-20-28(32)35-23-25(27(5-2)29(33)34)21-26-22-30-24-31(26)3;/h9-10,12-13,21-24,28,30,32,34H,4-8,11,14-20,25-27,29,31H2,1-3H3,(H,47,48);9-10,12-13,22,24-25,27H,4-8,11,14-21,23H2,1-3H3,(H,33,34);/q;;+1/p-1/b2*10-9-,13-12-;/t;25-,27-;/m.0./s1. The van der Waals surface area contributed by atoms with Crippen molar-refractivity contribution >= 4 is 68.6 Å². The molecule has 5 rings (SSSR count). The van der Waals surface area contributed by atoms with Gasteiger partial charge in [0.25, 0.3) is 0 Å². The number of esters is 3. The van der Waals surface area contributed by atoms with Gasteiger partial charge in [0.2, 0.25) is 12.8 Å². The Morgan fingerprint density at radius 2 is 1.09 bits per heavy atom. The van der Waals surface area contributed by atoms with Crippen LogP contribution in [0.2, 0.25) is 0 Å². The van der Waals surface area contributed by atoms with Crippen molar-refractivity contribution < 1.29 is 77.6 Å². The minimum Gasteiger partial charge on any atom is -0.550 e. The van der Waals surface area contributed by atoms with Crippen LogP contribution in [0.1, 0.15) is 206 Å². The maximum absolute atomic E-state index is 13.4. The molecule has 92 heavy (non-hydrogen) atoms. The van der Waals surface area contributed by atoms with Gasteiger partial charge in [-0.1, -0.05) is 141 Å². The molecule has 2 unspecified atom stereocenters. The number of guanidine groups is 1. The van der Waals surface area contributed by atoms with Crippen molar-refractivity contribution in [2.24, 2.45) is 42.8 Å². The summed E-state index contributed by atoms with van der Waals surface area (Å²) < 4.78 is 26.5. The number of imidazole rings is 2. The molecule has 1 N–H and O–H groups in total. The van der Waals surface area contributed by atoms with Gasteiger partial charge in [-0.15, -0.1) is 0 Å². The van der Waals surface area contributed by atoms with Crippen molar-refractivity contribution in [2.75, 3.05) is 38.4 Å². The maximum Gasteiger partial charge on any atom is 1.00 e. The normalized spacial score (nSPS) is 13.6. The van der Waals surface area contributed by atoms with E-state index in [9.17, 15) is 29.1 Å². The van der Waals surface area contributed by atoms with Crippen molar-refractivity contribution in [3.63, 3.8) is 0 Å². The summed E-state index contributed by atoms with van der Waals surface area (Å²) >= 11 is 3.56. The molecular formula is C71H105BrN9NaO10. The molecule has 1 aliphatic rings. The Bertz CT molecular complexity index is 2890. The van der Waals surface area contributed by atoms with Gasteiger partial charge in [0, 0.05) is 86.8 Å². The number of amides is 1. The molecule has 21 heteroatoms. The number of unbranched alkanes of at least 4 members (excludes halogenated alkanes) is 16. The number of hydrogen-bond donors (Lipinski definition) is 1. The van der Waals surface area contributed by atoms with E-state index in [2.05, 4.69) is 109 Å². The van der Waals surface area contributed by atoms with Gasteiger partial charge in [0.1, 0.15) is 5.52 Å². The molecular weight excluding hydrogens is 1240 g/mol. The number of halogens is 1. The Kier molecular flexibility index (Phi) is 43.3. The first-order valence-corrected chi connectivity index (χ1v) is 34.4. The van der Waals surface area contributed by atoms with Crippen LogP contribution in [0.3, 0.4) is 0 Å². The Balaban J connectivity index is 0.000000529. The van der Waals surface area contributed by atoms with Gasteiger partial charge in [-0.25, -0.2) is 19.7 Å². The topological polar surface area (TPSA) is 234 Å². The van der Waals surface area contributed by atoms with Crippen LogP contribution in [0.4, 0.5) is 10.5 Å². The molecule has 4 aromatic rings. The van der Waals surface area contributed by atoms with Crippen LogP contribution in [0, 0.1) is 23.7 Å². The summed E-state index contributed by atoms with van der Waals surface area (Å²) in [4.78, 5) is 85.8. The first-order valence-electron chi connectivity index (χ1n) is 33.6. The monoisotopic (exact) mass is 1350 g/mol. The number of anilines is 1. The van der Waals surface area contributed by atoms with Gasteiger partial charge in [0.15, 0.2) is 0 Å². The molecule has 0 bridgehead atoms. The fourth-order valence-electron chi connectivity index (χ4n) is 10.7. The van der Waals surface area contributed by atoms with E-state index in [1.165, 1.54) is 69.1 Å². The third kappa shape index (κ3) is 32.3. The van der Waals surface area contributed by atoms with Crippen LogP contribution in [0.15, 0.2) is 108 Å². The molecule has 0 radical (unpaired) electrons. The van der Waals surface area contributed by atoms with Gasteiger partial charge in [-0.2, -0.15) is 0 Å². The van der Waals surface area contributed by atoms with E-state index in [0.717, 1.165) is 94.0 Å². The second-order valence-electron chi connectivity index (χ2n) is 23.4. The summed E-state index contributed by atoms with van der Waals surface area (Å²) in [6.45, 7) is 8.42. The van der Waals surface area contributed by atoms with Gasteiger partial charge in [-0.3, -0.25) is 29.3 Å². The third-order valence-electron chi connectivity index (χ3n) is 16.2. The van der Waals surface area contributed by atoms with Crippen LogP contribution in [-0.4, -0.2) is 103 Å². The van der Waals surface area contributed by atoms with Crippen molar-refractivity contribution in [2.45, 2.75) is 207 Å². The Morgan fingerprint density at radius 3 is 1.57 bits per heavy atom. The predicted molar refractivity (Wildman–Crippen MR) is 361 cm³/mol. The number of nitrogens with zero attached hydrogens (tertiary/aromatic N) is 8. The molecule has 3 aromatic heterocycles. The molecule has 0 saturated heterocycles. The number of aliphatic carboxylic acids is 1. The summed E-state index contributed by atoms with van der Waals surface area (Å²) in [5.74, 6) is -3.81. The average molecular weight is 1350 g/mol. The number of fused-ring (bicyclic) bond motifs is 1. The minimum atomic E-state index is -1.09. The van der Waals surface area contributed by atoms with Crippen LogP contribution < -0.4 is 40.0 Å².